The first kappa shape index (κ1) is 13.0. The molecule has 1 unspecified atom stereocenters. The molecule has 0 aliphatic carbocycles. The van der Waals surface area contributed by atoms with E-state index in [0.717, 1.165) is 18.4 Å². The molecule has 2 nitrogen and oxygen atoms in total. The maximum Gasteiger partial charge on any atom is 0.123 e. The normalized spacial score (nSPS) is 12.5. The molecule has 0 heterocycles. The van der Waals surface area contributed by atoms with Gasteiger partial charge in [0.1, 0.15) is 11.6 Å². The summed E-state index contributed by atoms with van der Waals surface area (Å²) >= 11 is 0. The number of aliphatic hydroxyl groups is 1. The fraction of sp³-hybridized carbons (Fsp3) is 0.538. The van der Waals surface area contributed by atoms with Crippen molar-refractivity contribution in [2.45, 2.75) is 38.7 Å². The number of methoxy groups -OCH3 is 1. The third-order valence-corrected chi connectivity index (χ3v) is 2.61. The van der Waals surface area contributed by atoms with Gasteiger partial charge >= 0.3 is 0 Å². The molecule has 90 valence electrons. The Morgan fingerprint density at radius 3 is 2.75 bits per heavy atom. The first-order valence-electron chi connectivity index (χ1n) is 5.67. The standard InChI is InChI=1S/C13H19FO2/c1-3-4-12(15)7-5-10-9-11(14)6-8-13(10)16-2/h6,8-9,12,15H,3-5,7H2,1-2H3. The van der Waals surface area contributed by atoms with Crippen LogP contribution in [0.1, 0.15) is 31.7 Å². The average molecular weight is 226 g/mol. The second-order valence-corrected chi connectivity index (χ2v) is 3.94. The van der Waals surface area contributed by atoms with Crippen LogP contribution in [0.3, 0.4) is 0 Å². The first-order chi connectivity index (χ1) is 7.67. The van der Waals surface area contributed by atoms with Crippen molar-refractivity contribution in [2.75, 3.05) is 7.11 Å². The van der Waals surface area contributed by atoms with Gasteiger partial charge in [0.05, 0.1) is 13.2 Å². The zero-order valence-electron chi connectivity index (χ0n) is 9.87. The summed E-state index contributed by atoms with van der Waals surface area (Å²) in [6.45, 7) is 2.03. The van der Waals surface area contributed by atoms with Crippen molar-refractivity contribution >= 4 is 0 Å². The SMILES string of the molecule is CCCC(O)CCc1cc(F)ccc1OC. The van der Waals surface area contributed by atoms with Crippen molar-refractivity contribution < 1.29 is 14.2 Å². The predicted molar refractivity (Wildman–Crippen MR) is 62.2 cm³/mol. The molecule has 1 N–H and O–H groups in total. The van der Waals surface area contributed by atoms with E-state index in [1.165, 1.54) is 12.1 Å². The third kappa shape index (κ3) is 3.81. The Hall–Kier alpha value is -1.09. The van der Waals surface area contributed by atoms with Crippen LogP contribution < -0.4 is 4.74 Å². The highest BCUT2D eigenvalue weighted by atomic mass is 19.1. The van der Waals surface area contributed by atoms with Gasteiger partial charge in [0, 0.05) is 0 Å². The second-order valence-electron chi connectivity index (χ2n) is 3.94. The Labute approximate surface area is 96.1 Å². The number of benzene rings is 1. The summed E-state index contributed by atoms with van der Waals surface area (Å²) in [5.41, 5.74) is 0.817. The van der Waals surface area contributed by atoms with Gasteiger partial charge in [-0.05, 0) is 43.0 Å². The second kappa shape index (κ2) is 6.48. The van der Waals surface area contributed by atoms with Gasteiger partial charge in [0.2, 0.25) is 0 Å². The van der Waals surface area contributed by atoms with Crippen molar-refractivity contribution in [3.8, 4) is 5.75 Å². The zero-order valence-corrected chi connectivity index (χ0v) is 9.87. The third-order valence-electron chi connectivity index (χ3n) is 2.61. The number of rotatable bonds is 6. The van der Waals surface area contributed by atoms with Crippen LogP contribution in [0.15, 0.2) is 18.2 Å². The van der Waals surface area contributed by atoms with E-state index in [2.05, 4.69) is 0 Å². The molecule has 16 heavy (non-hydrogen) atoms. The Kier molecular flexibility index (Phi) is 5.26. The van der Waals surface area contributed by atoms with Gasteiger partial charge in [0.15, 0.2) is 0 Å². The number of hydrogen-bond donors (Lipinski definition) is 1. The molecule has 0 saturated heterocycles. The van der Waals surface area contributed by atoms with E-state index in [9.17, 15) is 9.50 Å². The first-order valence-corrected chi connectivity index (χ1v) is 5.67. The number of aliphatic hydroxyl groups excluding tert-OH is 1. The topological polar surface area (TPSA) is 29.5 Å². The summed E-state index contributed by atoms with van der Waals surface area (Å²) in [6.07, 6.45) is 2.73. The molecular weight excluding hydrogens is 207 g/mol. The van der Waals surface area contributed by atoms with Crippen LogP contribution in [-0.4, -0.2) is 18.3 Å². The van der Waals surface area contributed by atoms with Gasteiger partial charge in [0.25, 0.3) is 0 Å². The summed E-state index contributed by atoms with van der Waals surface area (Å²) in [6, 6.07) is 4.47. The van der Waals surface area contributed by atoms with Gasteiger partial charge in [-0.3, -0.25) is 0 Å². The van der Waals surface area contributed by atoms with Crippen LogP contribution in [0, 0.1) is 5.82 Å². The molecule has 0 spiro atoms. The minimum Gasteiger partial charge on any atom is -0.496 e. The molecule has 0 fully saturated rings. The quantitative estimate of drug-likeness (QED) is 0.808. The van der Waals surface area contributed by atoms with Crippen molar-refractivity contribution in [3.05, 3.63) is 29.6 Å². The molecule has 1 rings (SSSR count). The van der Waals surface area contributed by atoms with Crippen LogP contribution in [0.5, 0.6) is 5.75 Å². The van der Waals surface area contributed by atoms with Crippen LogP contribution >= 0.6 is 0 Å². The van der Waals surface area contributed by atoms with E-state index in [0.29, 0.717) is 18.6 Å². The van der Waals surface area contributed by atoms with Crippen LogP contribution in [-0.2, 0) is 6.42 Å². The number of ether oxygens (including phenoxy) is 1. The Bertz CT molecular complexity index is 326. The lowest BCUT2D eigenvalue weighted by Crippen LogP contribution is -2.07. The maximum absolute atomic E-state index is 13.0. The molecule has 0 radical (unpaired) electrons. The lowest BCUT2D eigenvalue weighted by Gasteiger charge is -2.11. The molecule has 0 bridgehead atoms. The van der Waals surface area contributed by atoms with E-state index in [-0.39, 0.29) is 11.9 Å². The van der Waals surface area contributed by atoms with Gasteiger partial charge in [-0.2, -0.15) is 0 Å². The minimum atomic E-state index is -0.307. The lowest BCUT2D eigenvalue weighted by molar-refractivity contribution is 0.153. The molecular formula is C13H19FO2. The van der Waals surface area contributed by atoms with E-state index in [4.69, 9.17) is 4.74 Å². The Morgan fingerprint density at radius 1 is 1.38 bits per heavy atom. The Morgan fingerprint density at radius 2 is 2.12 bits per heavy atom. The van der Waals surface area contributed by atoms with E-state index >= 15 is 0 Å². The maximum atomic E-state index is 13.0. The monoisotopic (exact) mass is 226 g/mol. The summed E-state index contributed by atoms with van der Waals surface area (Å²) in [4.78, 5) is 0. The Balaban J connectivity index is 2.61. The molecule has 0 aromatic heterocycles. The van der Waals surface area contributed by atoms with Gasteiger partial charge in [-0.1, -0.05) is 13.3 Å². The molecule has 0 amide bonds. The fourth-order valence-corrected chi connectivity index (χ4v) is 1.74. The minimum absolute atomic E-state index is 0.263. The van der Waals surface area contributed by atoms with E-state index in [1.54, 1.807) is 13.2 Å². The average Bonchev–Trinajstić information content (AvgIpc) is 2.27. The smallest absolute Gasteiger partial charge is 0.123 e. The molecule has 3 heteroatoms. The van der Waals surface area contributed by atoms with Crippen molar-refractivity contribution in [3.63, 3.8) is 0 Å². The fourth-order valence-electron chi connectivity index (χ4n) is 1.74. The van der Waals surface area contributed by atoms with Gasteiger partial charge < -0.3 is 9.84 Å². The van der Waals surface area contributed by atoms with Crippen molar-refractivity contribution in [1.29, 1.82) is 0 Å². The highest BCUT2D eigenvalue weighted by molar-refractivity contribution is 5.34. The molecule has 0 saturated carbocycles. The summed E-state index contributed by atoms with van der Waals surface area (Å²) in [7, 11) is 1.57. The number of aryl methyl sites for hydroxylation is 1. The highest BCUT2D eigenvalue weighted by Crippen LogP contribution is 2.21. The molecule has 0 aliphatic heterocycles. The van der Waals surface area contributed by atoms with Crippen LogP contribution in [0.25, 0.3) is 0 Å². The van der Waals surface area contributed by atoms with Gasteiger partial charge in [-0.25, -0.2) is 4.39 Å². The van der Waals surface area contributed by atoms with E-state index < -0.39 is 0 Å². The number of hydrogen-bond acceptors (Lipinski definition) is 2. The summed E-state index contributed by atoms with van der Waals surface area (Å²) < 4.78 is 18.2. The summed E-state index contributed by atoms with van der Waals surface area (Å²) in [5, 5.41) is 9.61. The highest BCUT2D eigenvalue weighted by Gasteiger charge is 2.08. The zero-order chi connectivity index (χ0) is 12.0. The number of halogens is 1. The molecule has 1 aromatic rings. The predicted octanol–water partition coefficient (Wildman–Crippen LogP) is 2.93. The molecule has 0 aliphatic rings. The van der Waals surface area contributed by atoms with Crippen molar-refractivity contribution in [1.82, 2.24) is 0 Å². The summed E-state index contributed by atoms with van der Waals surface area (Å²) in [5.74, 6) is 0.422. The van der Waals surface area contributed by atoms with Crippen LogP contribution in [0.2, 0.25) is 0 Å². The van der Waals surface area contributed by atoms with E-state index in [1.807, 2.05) is 6.92 Å². The molecule has 1 atom stereocenters. The van der Waals surface area contributed by atoms with Crippen LogP contribution in [0.4, 0.5) is 4.39 Å². The lowest BCUT2D eigenvalue weighted by atomic mass is 10.0. The molecule has 1 aromatic carbocycles. The van der Waals surface area contributed by atoms with Gasteiger partial charge in [-0.15, -0.1) is 0 Å². The van der Waals surface area contributed by atoms with Crippen molar-refractivity contribution in [2.24, 2.45) is 0 Å². The largest absolute Gasteiger partial charge is 0.496 e.